The zero-order chi connectivity index (χ0) is 49.6. The normalized spacial score (nSPS) is 16.2. The van der Waals surface area contributed by atoms with Crippen LogP contribution in [0.5, 0.6) is 0 Å². The summed E-state index contributed by atoms with van der Waals surface area (Å²) >= 11 is 0. The number of ketones is 2. The maximum absolute atomic E-state index is 14.0. The lowest BCUT2D eigenvalue weighted by Gasteiger charge is -2.31. The fourth-order valence-electron chi connectivity index (χ4n) is 8.28. The van der Waals surface area contributed by atoms with Gasteiger partial charge in [-0.05, 0) is 166 Å². The third-order valence-electron chi connectivity index (χ3n) is 12.3. The third kappa shape index (κ3) is 8.49. The highest BCUT2D eigenvalue weighted by molar-refractivity contribution is 6.41. The van der Waals surface area contributed by atoms with Crippen molar-refractivity contribution < 1.29 is 38.5 Å². The highest BCUT2D eigenvalue weighted by atomic mass is 16.4. The minimum Gasteiger partial charge on any atom is -0.871 e. The Labute approximate surface area is 396 Å². The number of hydrogen-bond donors (Lipinski definition) is 1. The molecule has 0 aliphatic heterocycles. The molecule has 344 valence electrons. The van der Waals surface area contributed by atoms with Crippen LogP contribution in [0.25, 0.3) is 56.9 Å². The van der Waals surface area contributed by atoms with E-state index in [0.717, 1.165) is 23.0 Å². The molecule has 0 saturated carbocycles. The van der Waals surface area contributed by atoms with Crippen molar-refractivity contribution in [2.45, 2.75) is 105 Å². The topological polar surface area (TPSA) is 169 Å². The lowest BCUT2D eigenvalue weighted by Crippen LogP contribution is -2.28. The van der Waals surface area contributed by atoms with Gasteiger partial charge in [0.2, 0.25) is 0 Å². The second-order valence-corrected chi connectivity index (χ2v) is 21.8. The first-order chi connectivity index (χ1) is 31.6. The number of aromatic nitrogens is 1. The van der Waals surface area contributed by atoms with Gasteiger partial charge in [-0.3, -0.25) is 9.59 Å². The number of carbonyl (C=O) groups excluding carboxylic acids is 2. The molecule has 0 radical (unpaired) electrons. The van der Waals surface area contributed by atoms with Gasteiger partial charge < -0.3 is 19.9 Å². The molecule has 0 bridgehead atoms. The molecule has 3 heterocycles. The lowest BCUT2D eigenvalue weighted by molar-refractivity contribution is -0.298. The van der Waals surface area contributed by atoms with Crippen molar-refractivity contribution in [3.8, 4) is 11.8 Å². The quantitative estimate of drug-likeness (QED) is 0.0930. The number of Topliss-reactive ketones (excluding diaryl/α,β-unsaturated/α-hetero) is 2. The van der Waals surface area contributed by atoms with E-state index >= 15 is 0 Å². The molecule has 0 unspecified atom stereocenters. The average Bonchev–Trinajstić information content (AvgIpc) is 3.58. The van der Waals surface area contributed by atoms with Gasteiger partial charge in [0, 0.05) is 63.0 Å². The van der Waals surface area contributed by atoms with Crippen LogP contribution in [0.1, 0.15) is 134 Å². The number of hydrogen-bond acceptors (Lipinski definition) is 6. The molecule has 10 heteroatoms. The van der Waals surface area contributed by atoms with Crippen LogP contribution in [0.4, 0.5) is 0 Å². The molecule has 2 aliphatic carbocycles. The molecule has 68 heavy (non-hydrogen) atoms. The van der Waals surface area contributed by atoms with Crippen molar-refractivity contribution in [2.75, 3.05) is 0 Å². The smallest absolute Gasteiger partial charge is 0.346 e. The number of carboxylic acid groups (broad SMARTS) is 1. The summed E-state index contributed by atoms with van der Waals surface area (Å²) in [6, 6.07) is 26.9. The average molecular weight is 907 g/mol. The number of carbonyl (C=O) groups is 3. The first-order valence-electron chi connectivity index (χ1n) is 22.5. The summed E-state index contributed by atoms with van der Waals surface area (Å²) in [6.45, 7) is 24.5. The fraction of sp³-hybridized carbons (Fsp3) is 0.276. The Hall–Kier alpha value is -7.64. The van der Waals surface area contributed by atoms with E-state index in [1.54, 1.807) is 66.8 Å². The SMILES string of the molecule is CC(C)(C)c1cc(/C=C2/C(=O)C(c3ccc4c(c3)c3cc(C5=C([O-])/C(=C\c6cc(C(C)(C)C)[o+]c(C(C)(C)C)c6)C5=O)ccc3n4-c3ccc(/C=C(/C#N)C(=O)O)cc3)=C2[O-])cc(C(C)(C)C)[o+]1. The molecular formula is C58H54N2O8. The van der Waals surface area contributed by atoms with Crippen molar-refractivity contribution in [3.63, 3.8) is 0 Å². The number of carboxylic acids is 1. The van der Waals surface area contributed by atoms with Gasteiger partial charge in [0.25, 0.3) is 0 Å². The Morgan fingerprint density at radius 3 is 1.25 bits per heavy atom. The van der Waals surface area contributed by atoms with E-state index in [1.165, 1.54) is 6.08 Å². The molecule has 6 aromatic rings. The van der Waals surface area contributed by atoms with Crippen molar-refractivity contribution >= 4 is 68.7 Å². The number of aliphatic carboxylic acids is 1. The Kier molecular flexibility index (Phi) is 11.2. The molecule has 0 saturated heterocycles. The Morgan fingerprint density at radius 1 is 0.574 bits per heavy atom. The molecular weight excluding hydrogens is 853 g/mol. The van der Waals surface area contributed by atoms with Gasteiger partial charge in [0.15, 0.2) is 11.6 Å². The van der Waals surface area contributed by atoms with Crippen molar-refractivity contribution in [1.29, 1.82) is 5.26 Å². The van der Waals surface area contributed by atoms with Crippen molar-refractivity contribution in [2.24, 2.45) is 0 Å². The molecule has 2 aliphatic rings. The van der Waals surface area contributed by atoms with E-state index in [2.05, 4.69) is 0 Å². The molecule has 1 N–H and O–H groups in total. The Bertz CT molecular complexity index is 3140. The molecule has 10 nitrogen and oxygen atoms in total. The summed E-state index contributed by atoms with van der Waals surface area (Å²) in [5.41, 5.74) is 3.40. The van der Waals surface area contributed by atoms with Crippen LogP contribution >= 0.6 is 0 Å². The summed E-state index contributed by atoms with van der Waals surface area (Å²) in [7, 11) is 0. The number of benzene rings is 3. The molecule has 8 rings (SSSR count). The second-order valence-electron chi connectivity index (χ2n) is 21.8. The summed E-state index contributed by atoms with van der Waals surface area (Å²) < 4.78 is 14.5. The summed E-state index contributed by atoms with van der Waals surface area (Å²) in [5.74, 6) is 0.0551. The summed E-state index contributed by atoms with van der Waals surface area (Å²) in [6.07, 6.45) is 4.55. The Morgan fingerprint density at radius 2 is 0.941 bits per heavy atom. The van der Waals surface area contributed by atoms with Crippen LogP contribution in [-0.4, -0.2) is 27.2 Å². The van der Waals surface area contributed by atoms with E-state index < -0.39 is 11.5 Å². The van der Waals surface area contributed by atoms with E-state index in [9.17, 15) is 35.0 Å². The van der Waals surface area contributed by atoms with E-state index in [1.807, 2.05) is 124 Å². The van der Waals surface area contributed by atoms with Crippen LogP contribution in [0.15, 0.2) is 122 Å². The number of fused-ring (bicyclic) bond motifs is 3. The largest absolute Gasteiger partial charge is 0.871 e. The molecule has 3 aromatic carbocycles. The molecule has 0 spiro atoms. The highest BCUT2D eigenvalue weighted by Crippen LogP contribution is 2.43. The lowest BCUT2D eigenvalue weighted by atomic mass is 9.81. The number of allylic oxidation sites excluding steroid dienone is 4. The van der Waals surface area contributed by atoms with E-state index in [-0.39, 0.29) is 67.0 Å². The summed E-state index contributed by atoms with van der Waals surface area (Å²) in [4.78, 5) is 39.5. The predicted octanol–water partition coefficient (Wildman–Crippen LogP) is 11.2. The first-order valence-corrected chi connectivity index (χ1v) is 22.5. The zero-order valence-corrected chi connectivity index (χ0v) is 40.5. The number of nitrogens with zero attached hydrogens (tertiary/aromatic N) is 2. The number of rotatable bonds is 7. The minimum absolute atomic E-state index is 0.0530. The van der Waals surface area contributed by atoms with E-state index in [0.29, 0.717) is 55.3 Å². The van der Waals surface area contributed by atoms with Gasteiger partial charge >= 0.3 is 29.0 Å². The van der Waals surface area contributed by atoms with E-state index in [4.69, 9.17) is 8.83 Å². The van der Waals surface area contributed by atoms with Crippen LogP contribution in [0.2, 0.25) is 0 Å². The van der Waals surface area contributed by atoms with Crippen molar-refractivity contribution in [1.82, 2.24) is 4.57 Å². The summed E-state index contributed by atoms with van der Waals surface area (Å²) in [5, 5.41) is 48.1. The molecule has 0 amide bonds. The number of nitriles is 1. The van der Waals surface area contributed by atoms with Crippen LogP contribution in [-0.2, 0) is 36.0 Å². The van der Waals surface area contributed by atoms with Gasteiger partial charge in [0.1, 0.15) is 11.6 Å². The maximum Gasteiger partial charge on any atom is 0.346 e. The molecule has 0 atom stereocenters. The van der Waals surface area contributed by atoms with Gasteiger partial charge in [-0.15, -0.1) is 0 Å². The zero-order valence-electron chi connectivity index (χ0n) is 40.5. The van der Waals surface area contributed by atoms with Gasteiger partial charge in [0.05, 0.1) is 32.7 Å². The highest BCUT2D eigenvalue weighted by Gasteiger charge is 2.37. The van der Waals surface area contributed by atoms with Crippen LogP contribution in [0.3, 0.4) is 0 Å². The first kappa shape index (κ1) is 46.9. The van der Waals surface area contributed by atoms with Gasteiger partial charge in [-0.1, -0.05) is 35.8 Å². The molecule has 3 aromatic heterocycles. The van der Waals surface area contributed by atoms with Gasteiger partial charge in [-0.25, -0.2) is 13.6 Å². The monoisotopic (exact) mass is 906 g/mol. The third-order valence-corrected chi connectivity index (χ3v) is 12.3. The van der Waals surface area contributed by atoms with Crippen LogP contribution < -0.4 is 10.2 Å². The van der Waals surface area contributed by atoms with Crippen LogP contribution in [0, 0.1) is 11.3 Å². The minimum atomic E-state index is -1.33. The van der Waals surface area contributed by atoms with Crippen molar-refractivity contribution in [3.05, 3.63) is 164 Å². The predicted molar refractivity (Wildman–Crippen MR) is 263 cm³/mol. The second kappa shape index (κ2) is 16.3. The maximum atomic E-state index is 14.0. The fourth-order valence-corrected chi connectivity index (χ4v) is 8.28. The standard InChI is InChI=1S/C58H54N2O8/c1-55(2,3)44-24-32(25-45(67-44)56(4,5)6)22-40-50(61)48(51(40)62)34-15-19-42-38(28-34)39-29-35(16-20-43(39)60(42)37-17-13-31(14-18-37)21-36(30-59)54(65)66)49-52(63)41(53(49)64)23-33-26-46(57(7,8)9)68-47(27-33)58(10,11)12/h13-29H,1-12H3,(H-2,61,62,63,64,65,66)/b36-21-. The van der Waals surface area contributed by atoms with Gasteiger partial charge in [-0.2, -0.15) is 5.26 Å². The Balaban J connectivity index is 1.26. The molecule has 0 fully saturated rings.